The highest BCUT2D eigenvalue weighted by molar-refractivity contribution is 5.81. The van der Waals surface area contributed by atoms with Gasteiger partial charge in [0, 0.05) is 13.7 Å². The predicted molar refractivity (Wildman–Crippen MR) is 52.3 cm³/mol. The first-order valence-electron chi connectivity index (χ1n) is 4.65. The minimum absolute atomic E-state index is 0.0913. The van der Waals surface area contributed by atoms with Crippen LogP contribution in [-0.4, -0.2) is 32.2 Å². The summed E-state index contributed by atoms with van der Waals surface area (Å²) in [6.07, 6.45) is 0.916. The second-order valence-corrected chi connectivity index (χ2v) is 3.20. The van der Waals surface area contributed by atoms with Gasteiger partial charge in [-0.2, -0.15) is 0 Å². The highest BCUT2D eigenvalue weighted by Crippen LogP contribution is 2.04. The molecule has 0 saturated carbocycles. The molecule has 2 unspecified atom stereocenters. The molecule has 13 heavy (non-hydrogen) atoms. The summed E-state index contributed by atoms with van der Waals surface area (Å²) < 4.78 is 4.80. The van der Waals surface area contributed by atoms with E-state index in [2.05, 4.69) is 5.32 Å². The zero-order valence-corrected chi connectivity index (χ0v) is 8.67. The van der Waals surface area contributed by atoms with Crippen molar-refractivity contribution < 1.29 is 9.53 Å². The largest absolute Gasteiger partial charge is 0.383 e. The maximum absolute atomic E-state index is 11.3. The summed E-state index contributed by atoms with van der Waals surface area (Å²) in [6.45, 7) is 5.05. The van der Waals surface area contributed by atoms with Gasteiger partial charge in [-0.15, -0.1) is 0 Å². The van der Waals surface area contributed by atoms with Gasteiger partial charge in [0.2, 0.25) is 5.91 Å². The Kier molecular flexibility index (Phi) is 6.54. The molecule has 0 bridgehead atoms. The van der Waals surface area contributed by atoms with Gasteiger partial charge in [0.1, 0.15) is 0 Å². The first-order chi connectivity index (χ1) is 6.13. The Labute approximate surface area is 79.8 Å². The van der Waals surface area contributed by atoms with Crippen LogP contribution in [0.3, 0.4) is 0 Å². The number of hydrogen-bond acceptors (Lipinski definition) is 3. The lowest BCUT2D eigenvalue weighted by molar-refractivity contribution is -0.123. The van der Waals surface area contributed by atoms with Gasteiger partial charge < -0.3 is 15.8 Å². The Morgan fingerprint density at radius 3 is 2.69 bits per heavy atom. The Morgan fingerprint density at radius 1 is 1.62 bits per heavy atom. The number of ether oxygens (including phenoxy) is 1. The molecule has 0 aromatic carbocycles. The number of rotatable bonds is 6. The first kappa shape index (κ1) is 12.4. The summed E-state index contributed by atoms with van der Waals surface area (Å²) in [4.78, 5) is 11.3. The van der Waals surface area contributed by atoms with Crippen molar-refractivity contribution in [1.29, 1.82) is 0 Å². The van der Waals surface area contributed by atoms with Gasteiger partial charge in [-0.3, -0.25) is 4.79 Å². The van der Waals surface area contributed by atoms with E-state index < -0.39 is 6.04 Å². The molecule has 4 nitrogen and oxygen atoms in total. The van der Waals surface area contributed by atoms with E-state index in [1.807, 2.05) is 13.8 Å². The Bertz CT molecular complexity index is 151. The molecule has 0 aliphatic carbocycles. The maximum atomic E-state index is 11.3. The Balaban J connectivity index is 3.69. The third-order valence-corrected chi connectivity index (χ3v) is 2.17. The molecule has 3 N–H and O–H groups in total. The second kappa shape index (κ2) is 6.86. The minimum Gasteiger partial charge on any atom is -0.383 e. The maximum Gasteiger partial charge on any atom is 0.237 e. The van der Waals surface area contributed by atoms with E-state index in [0.29, 0.717) is 13.2 Å². The highest BCUT2D eigenvalue weighted by atomic mass is 16.5. The van der Waals surface area contributed by atoms with Gasteiger partial charge in [-0.25, -0.2) is 0 Å². The van der Waals surface area contributed by atoms with Gasteiger partial charge in [0.05, 0.1) is 12.6 Å². The third kappa shape index (κ3) is 4.85. The lowest BCUT2D eigenvalue weighted by atomic mass is 9.99. The molecule has 1 amide bonds. The molecule has 0 radical (unpaired) electrons. The van der Waals surface area contributed by atoms with E-state index >= 15 is 0 Å². The Morgan fingerprint density at radius 2 is 2.23 bits per heavy atom. The topological polar surface area (TPSA) is 64.4 Å². The van der Waals surface area contributed by atoms with Gasteiger partial charge >= 0.3 is 0 Å². The standard InChI is InChI=1S/C9H20N2O2/c1-4-7(2)8(10)9(12)11-5-6-13-3/h7-8H,4-6,10H2,1-3H3,(H,11,12). The fourth-order valence-electron chi connectivity index (χ4n) is 0.906. The van der Waals surface area contributed by atoms with Crippen LogP contribution in [0.5, 0.6) is 0 Å². The molecule has 4 heteroatoms. The van der Waals surface area contributed by atoms with E-state index in [0.717, 1.165) is 6.42 Å². The quantitative estimate of drug-likeness (QED) is 0.582. The summed E-state index contributed by atoms with van der Waals surface area (Å²) in [7, 11) is 1.60. The SMILES string of the molecule is CCC(C)C(N)C(=O)NCCOC. The summed E-state index contributed by atoms with van der Waals surface area (Å²) in [5, 5.41) is 2.71. The zero-order valence-electron chi connectivity index (χ0n) is 8.67. The highest BCUT2D eigenvalue weighted by Gasteiger charge is 2.18. The molecule has 0 spiro atoms. The fourth-order valence-corrected chi connectivity index (χ4v) is 0.906. The number of amides is 1. The van der Waals surface area contributed by atoms with Crippen molar-refractivity contribution in [3.63, 3.8) is 0 Å². The summed E-state index contributed by atoms with van der Waals surface area (Å²) in [6, 6.07) is -0.401. The van der Waals surface area contributed by atoms with Gasteiger partial charge in [0.15, 0.2) is 0 Å². The molecular formula is C9H20N2O2. The lowest BCUT2D eigenvalue weighted by Crippen LogP contribution is -2.45. The van der Waals surface area contributed by atoms with Crippen LogP contribution in [0.4, 0.5) is 0 Å². The molecular weight excluding hydrogens is 168 g/mol. The first-order valence-corrected chi connectivity index (χ1v) is 4.65. The monoisotopic (exact) mass is 188 g/mol. The van der Waals surface area contributed by atoms with Crippen molar-refractivity contribution in [3.8, 4) is 0 Å². The van der Waals surface area contributed by atoms with Crippen molar-refractivity contribution in [2.75, 3.05) is 20.3 Å². The minimum atomic E-state index is -0.401. The summed E-state index contributed by atoms with van der Waals surface area (Å²) in [5.41, 5.74) is 5.70. The molecule has 2 atom stereocenters. The molecule has 0 fully saturated rings. The van der Waals surface area contributed by atoms with Crippen LogP contribution in [0.25, 0.3) is 0 Å². The zero-order chi connectivity index (χ0) is 10.3. The van der Waals surface area contributed by atoms with Crippen LogP contribution in [0, 0.1) is 5.92 Å². The number of carbonyl (C=O) groups excluding carboxylic acids is 1. The van der Waals surface area contributed by atoms with Gasteiger partial charge in [-0.1, -0.05) is 20.3 Å². The van der Waals surface area contributed by atoms with Crippen LogP contribution < -0.4 is 11.1 Å². The fraction of sp³-hybridized carbons (Fsp3) is 0.889. The molecule has 0 rings (SSSR count). The molecule has 0 aliphatic heterocycles. The van der Waals surface area contributed by atoms with E-state index in [9.17, 15) is 4.79 Å². The average Bonchev–Trinajstić information content (AvgIpc) is 2.15. The Hall–Kier alpha value is -0.610. The van der Waals surface area contributed by atoms with Crippen molar-refractivity contribution in [2.45, 2.75) is 26.3 Å². The van der Waals surface area contributed by atoms with Crippen LogP contribution in [0.1, 0.15) is 20.3 Å². The van der Waals surface area contributed by atoms with Gasteiger partial charge in [0.25, 0.3) is 0 Å². The molecule has 78 valence electrons. The second-order valence-electron chi connectivity index (χ2n) is 3.20. The van der Waals surface area contributed by atoms with Crippen molar-refractivity contribution in [1.82, 2.24) is 5.32 Å². The van der Waals surface area contributed by atoms with Gasteiger partial charge in [-0.05, 0) is 5.92 Å². The van der Waals surface area contributed by atoms with Crippen molar-refractivity contribution >= 4 is 5.91 Å². The van der Waals surface area contributed by atoms with E-state index in [-0.39, 0.29) is 11.8 Å². The molecule has 0 aromatic heterocycles. The smallest absolute Gasteiger partial charge is 0.237 e. The van der Waals surface area contributed by atoms with Crippen LogP contribution >= 0.6 is 0 Å². The number of methoxy groups -OCH3 is 1. The summed E-state index contributed by atoms with van der Waals surface area (Å²) in [5.74, 6) is 0.133. The normalized spacial score (nSPS) is 15.1. The van der Waals surface area contributed by atoms with Crippen molar-refractivity contribution in [3.05, 3.63) is 0 Å². The van der Waals surface area contributed by atoms with E-state index in [1.165, 1.54) is 0 Å². The lowest BCUT2D eigenvalue weighted by Gasteiger charge is -2.17. The average molecular weight is 188 g/mol. The molecule has 0 heterocycles. The van der Waals surface area contributed by atoms with E-state index in [1.54, 1.807) is 7.11 Å². The summed E-state index contributed by atoms with van der Waals surface area (Å²) >= 11 is 0. The number of carbonyl (C=O) groups is 1. The third-order valence-electron chi connectivity index (χ3n) is 2.17. The molecule has 0 aliphatic rings. The number of hydrogen-bond donors (Lipinski definition) is 2. The number of nitrogens with one attached hydrogen (secondary N) is 1. The molecule has 0 aromatic rings. The van der Waals surface area contributed by atoms with Crippen LogP contribution in [-0.2, 0) is 9.53 Å². The molecule has 0 saturated heterocycles. The predicted octanol–water partition coefficient (Wildman–Crippen LogP) is 0.122. The van der Waals surface area contributed by atoms with Crippen LogP contribution in [0.15, 0.2) is 0 Å². The van der Waals surface area contributed by atoms with Crippen molar-refractivity contribution in [2.24, 2.45) is 11.7 Å². The number of nitrogens with two attached hydrogens (primary N) is 1. The van der Waals surface area contributed by atoms with Crippen LogP contribution in [0.2, 0.25) is 0 Å². The van der Waals surface area contributed by atoms with E-state index in [4.69, 9.17) is 10.5 Å².